The molecule has 12 heavy (non-hydrogen) atoms. The standard InChI is InChI=1S/C8H13N3O/c1-7(12)10-4-2-3-8-5-9-6-11-8/h5-6H,2-4H2,1H3,(H,9,11)(H,10,12). The van der Waals surface area contributed by atoms with E-state index in [1.165, 1.54) is 6.92 Å². The molecule has 4 nitrogen and oxygen atoms in total. The lowest BCUT2D eigenvalue weighted by Gasteiger charge is -1.99. The summed E-state index contributed by atoms with van der Waals surface area (Å²) < 4.78 is 0. The van der Waals surface area contributed by atoms with E-state index < -0.39 is 0 Å². The number of rotatable bonds is 4. The number of nitrogens with zero attached hydrogens (tertiary/aromatic N) is 1. The molecule has 0 radical (unpaired) electrons. The van der Waals surface area contributed by atoms with Crippen LogP contribution < -0.4 is 5.32 Å². The van der Waals surface area contributed by atoms with Crippen molar-refractivity contribution in [1.82, 2.24) is 15.3 Å². The van der Waals surface area contributed by atoms with Gasteiger partial charge in [-0.25, -0.2) is 4.98 Å². The van der Waals surface area contributed by atoms with Crippen LogP contribution in [0.3, 0.4) is 0 Å². The highest BCUT2D eigenvalue weighted by Crippen LogP contribution is 1.94. The molecule has 66 valence electrons. The number of amides is 1. The Balaban J connectivity index is 2.07. The Morgan fingerprint density at radius 1 is 1.75 bits per heavy atom. The van der Waals surface area contributed by atoms with Crippen LogP contribution in [-0.2, 0) is 11.2 Å². The second-order valence-corrected chi connectivity index (χ2v) is 2.66. The van der Waals surface area contributed by atoms with Gasteiger partial charge in [-0.1, -0.05) is 0 Å². The van der Waals surface area contributed by atoms with Crippen LogP contribution in [0.4, 0.5) is 0 Å². The fourth-order valence-corrected chi connectivity index (χ4v) is 0.965. The topological polar surface area (TPSA) is 57.8 Å². The van der Waals surface area contributed by atoms with Crippen LogP contribution in [0.2, 0.25) is 0 Å². The molecule has 2 N–H and O–H groups in total. The minimum atomic E-state index is 0.0274. The fourth-order valence-electron chi connectivity index (χ4n) is 0.965. The van der Waals surface area contributed by atoms with E-state index in [1.807, 2.05) is 0 Å². The number of aryl methyl sites for hydroxylation is 1. The van der Waals surface area contributed by atoms with Crippen molar-refractivity contribution in [3.8, 4) is 0 Å². The van der Waals surface area contributed by atoms with Crippen molar-refractivity contribution in [3.63, 3.8) is 0 Å². The van der Waals surface area contributed by atoms with E-state index in [9.17, 15) is 4.79 Å². The van der Waals surface area contributed by atoms with Gasteiger partial charge in [-0.2, -0.15) is 0 Å². The molecule has 1 rings (SSSR count). The molecule has 0 aliphatic rings. The van der Waals surface area contributed by atoms with Crippen molar-refractivity contribution in [1.29, 1.82) is 0 Å². The van der Waals surface area contributed by atoms with E-state index in [4.69, 9.17) is 0 Å². The SMILES string of the molecule is CC(=O)NCCCc1cnc[nH]1. The maximum Gasteiger partial charge on any atom is 0.216 e. The van der Waals surface area contributed by atoms with E-state index in [0.717, 1.165) is 25.1 Å². The van der Waals surface area contributed by atoms with E-state index in [2.05, 4.69) is 15.3 Å². The van der Waals surface area contributed by atoms with Crippen LogP contribution in [0.25, 0.3) is 0 Å². The Morgan fingerprint density at radius 2 is 2.58 bits per heavy atom. The highest BCUT2D eigenvalue weighted by molar-refractivity contribution is 5.72. The fraction of sp³-hybridized carbons (Fsp3) is 0.500. The number of hydrogen-bond acceptors (Lipinski definition) is 2. The van der Waals surface area contributed by atoms with Gasteiger partial charge in [0.05, 0.1) is 6.33 Å². The maximum atomic E-state index is 10.5. The lowest BCUT2D eigenvalue weighted by atomic mass is 10.2. The quantitative estimate of drug-likeness (QED) is 0.641. The van der Waals surface area contributed by atoms with Gasteiger partial charge in [-0.3, -0.25) is 4.79 Å². The summed E-state index contributed by atoms with van der Waals surface area (Å²) in [5, 5.41) is 2.73. The molecule has 0 spiro atoms. The zero-order chi connectivity index (χ0) is 8.81. The van der Waals surface area contributed by atoms with E-state index in [0.29, 0.717) is 0 Å². The zero-order valence-corrected chi connectivity index (χ0v) is 7.13. The summed E-state index contributed by atoms with van der Waals surface area (Å²) in [6.07, 6.45) is 5.34. The molecule has 0 aliphatic heterocycles. The van der Waals surface area contributed by atoms with E-state index in [-0.39, 0.29) is 5.91 Å². The van der Waals surface area contributed by atoms with Gasteiger partial charge < -0.3 is 10.3 Å². The number of carbonyl (C=O) groups is 1. The predicted octanol–water partition coefficient (Wildman–Crippen LogP) is 0.478. The largest absolute Gasteiger partial charge is 0.356 e. The molecule has 0 atom stereocenters. The van der Waals surface area contributed by atoms with Crippen LogP contribution in [0.15, 0.2) is 12.5 Å². The third-order valence-electron chi connectivity index (χ3n) is 1.55. The normalized spacial score (nSPS) is 9.75. The van der Waals surface area contributed by atoms with E-state index in [1.54, 1.807) is 12.5 Å². The molecule has 0 aromatic carbocycles. The van der Waals surface area contributed by atoms with Crippen LogP contribution in [0.5, 0.6) is 0 Å². The Morgan fingerprint density at radius 3 is 3.17 bits per heavy atom. The highest BCUT2D eigenvalue weighted by atomic mass is 16.1. The van der Waals surface area contributed by atoms with Crippen LogP contribution in [0, 0.1) is 0 Å². The summed E-state index contributed by atoms with van der Waals surface area (Å²) >= 11 is 0. The van der Waals surface area contributed by atoms with Crippen molar-refractivity contribution >= 4 is 5.91 Å². The number of H-pyrrole nitrogens is 1. The summed E-state index contributed by atoms with van der Waals surface area (Å²) in [5.74, 6) is 0.0274. The number of carbonyl (C=O) groups excluding carboxylic acids is 1. The Kier molecular flexibility index (Phi) is 3.32. The van der Waals surface area contributed by atoms with E-state index >= 15 is 0 Å². The van der Waals surface area contributed by atoms with Gasteiger partial charge in [-0.05, 0) is 12.8 Å². The summed E-state index contributed by atoms with van der Waals surface area (Å²) in [5.41, 5.74) is 1.11. The molecule has 0 unspecified atom stereocenters. The van der Waals surface area contributed by atoms with Gasteiger partial charge in [0.2, 0.25) is 5.91 Å². The molecule has 1 heterocycles. The summed E-state index contributed by atoms with van der Waals surface area (Å²) in [4.78, 5) is 17.4. The first-order valence-electron chi connectivity index (χ1n) is 4.00. The minimum Gasteiger partial charge on any atom is -0.356 e. The van der Waals surface area contributed by atoms with Gasteiger partial charge in [0.15, 0.2) is 0 Å². The smallest absolute Gasteiger partial charge is 0.216 e. The molecule has 1 aromatic rings. The molecule has 1 amide bonds. The van der Waals surface area contributed by atoms with Gasteiger partial charge in [0.1, 0.15) is 0 Å². The number of nitrogens with one attached hydrogen (secondary N) is 2. The van der Waals surface area contributed by atoms with Gasteiger partial charge >= 0.3 is 0 Å². The number of imidazole rings is 1. The molecular weight excluding hydrogens is 154 g/mol. The highest BCUT2D eigenvalue weighted by Gasteiger charge is 1.94. The molecule has 1 aromatic heterocycles. The summed E-state index contributed by atoms with van der Waals surface area (Å²) in [7, 11) is 0. The van der Waals surface area contributed by atoms with Crippen molar-refractivity contribution in [2.75, 3.05) is 6.54 Å². The number of aromatic nitrogens is 2. The molecule has 0 aliphatic carbocycles. The van der Waals surface area contributed by atoms with Crippen LogP contribution in [-0.4, -0.2) is 22.4 Å². The molecule has 0 saturated carbocycles. The molecule has 0 saturated heterocycles. The Labute approximate surface area is 71.4 Å². The second-order valence-electron chi connectivity index (χ2n) is 2.66. The zero-order valence-electron chi connectivity index (χ0n) is 7.13. The Bertz CT molecular complexity index is 230. The number of aromatic amines is 1. The van der Waals surface area contributed by atoms with Crippen LogP contribution >= 0.6 is 0 Å². The monoisotopic (exact) mass is 167 g/mol. The van der Waals surface area contributed by atoms with Gasteiger partial charge in [0.25, 0.3) is 0 Å². The van der Waals surface area contributed by atoms with Crippen LogP contribution in [0.1, 0.15) is 19.0 Å². The second kappa shape index (κ2) is 4.54. The third kappa shape index (κ3) is 3.18. The first-order valence-corrected chi connectivity index (χ1v) is 4.00. The first-order chi connectivity index (χ1) is 5.79. The summed E-state index contributed by atoms with van der Waals surface area (Å²) in [6, 6.07) is 0. The maximum absolute atomic E-state index is 10.5. The van der Waals surface area contributed by atoms with Gasteiger partial charge in [0, 0.05) is 25.4 Å². The Hall–Kier alpha value is -1.32. The van der Waals surface area contributed by atoms with Gasteiger partial charge in [-0.15, -0.1) is 0 Å². The van der Waals surface area contributed by atoms with Crippen molar-refractivity contribution in [2.24, 2.45) is 0 Å². The average molecular weight is 167 g/mol. The lowest BCUT2D eigenvalue weighted by molar-refractivity contribution is -0.118. The molecular formula is C8H13N3O. The molecule has 4 heteroatoms. The van der Waals surface area contributed by atoms with Crippen molar-refractivity contribution in [2.45, 2.75) is 19.8 Å². The average Bonchev–Trinajstić information content (AvgIpc) is 2.49. The predicted molar refractivity (Wildman–Crippen MR) is 45.6 cm³/mol. The minimum absolute atomic E-state index is 0.0274. The number of hydrogen-bond donors (Lipinski definition) is 2. The first kappa shape index (κ1) is 8.77. The lowest BCUT2D eigenvalue weighted by Crippen LogP contribution is -2.21. The third-order valence-corrected chi connectivity index (χ3v) is 1.55. The van der Waals surface area contributed by atoms with Crippen molar-refractivity contribution < 1.29 is 4.79 Å². The molecule has 0 fully saturated rings. The summed E-state index contributed by atoms with van der Waals surface area (Å²) in [6.45, 7) is 2.25. The van der Waals surface area contributed by atoms with Crippen molar-refractivity contribution in [3.05, 3.63) is 18.2 Å². The molecule has 0 bridgehead atoms.